The van der Waals surface area contributed by atoms with Crippen LogP contribution in [0.3, 0.4) is 0 Å². The number of ether oxygens (including phenoxy) is 2. The van der Waals surface area contributed by atoms with E-state index in [9.17, 15) is 26.7 Å². The third-order valence-electron chi connectivity index (χ3n) is 6.47. The average molecular weight is 601 g/mol. The highest BCUT2D eigenvalue weighted by Crippen LogP contribution is 2.38. The van der Waals surface area contributed by atoms with E-state index < -0.39 is 35.4 Å². The van der Waals surface area contributed by atoms with Gasteiger partial charge in [-0.15, -0.1) is 0 Å². The number of carbonyl (C=O) groups excluding carboxylic acids is 1. The molecule has 3 heterocycles. The number of halogens is 5. The number of hydrogen-bond acceptors (Lipinski definition) is 8. The van der Waals surface area contributed by atoms with Crippen molar-refractivity contribution < 1.29 is 36.2 Å². The lowest BCUT2D eigenvalue weighted by molar-refractivity contribution is -0.150. The number of imidazole rings is 1. The summed E-state index contributed by atoms with van der Waals surface area (Å²) < 4.78 is 80.4. The molecule has 4 aromatic rings. The summed E-state index contributed by atoms with van der Waals surface area (Å²) in [5.74, 6) is -2.88. The Kier molecular flexibility index (Phi) is 8.37. The molecule has 43 heavy (non-hydrogen) atoms. The van der Waals surface area contributed by atoms with Crippen LogP contribution in [0.25, 0.3) is 22.8 Å². The molecule has 0 saturated heterocycles. The van der Waals surface area contributed by atoms with Crippen LogP contribution >= 0.6 is 0 Å². The maximum Gasteiger partial charge on any atom is 0.417 e. The average Bonchev–Trinajstić information content (AvgIpc) is 3.41. The number of nitrogens with zero attached hydrogens (tertiary/aromatic N) is 5. The third kappa shape index (κ3) is 6.17. The van der Waals surface area contributed by atoms with E-state index in [1.54, 1.807) is 6.92 Å². The van der Waals surface area contributed by atoms with Gasteiger partial charge in [0.05, 0.1) is 48.5 Å². The summed E-state index contributed by atoms with van der Waals surface area (Å²) in [5.41, 5.74) is -0.289. The van der Waals surface area contributed by atoms with Crippen LogP contribution in [0.5, 0.6) is 5.75 Å². The first-order chi connectivity index (χ1) is 20.6. The molecule has 2 aromatic heterocycles. The number of hydrogen-bond donors (Lipinski definition) is 1. The lowest BCUT2D eigenvalue weighted by Gasteiger charge is -2.28. The van der Waals surface area contributed by atoms with E-state index in [1.165, 1.54) is 47.9 Å². The molecule has 0 bridgehead atoms. The largest absolute Gasteiger partial charge is 0.494 e. The van der Waals surface area contributed by atoms with E-state index >= 15 is 0 Å². The second kappa shape index (κ2) is 12.2. The Bertz CT molecular complexity index is 1660. The number of aromatic nitrogens is 4. The van der Waals surface area contributed by atoms with Gasteiger partial charge in [-0.05, 0) is 43.7 Å². The zero-order chi connectivity index (χ0) is 30.7. The van der Waals surface area contributed by atoms with E-state index in [1.807, 2.05) is 6.92 Å². The van der Waals surface area contributed by atoms with Gasteiger partial charge in [0.25, 0.3) is 0 Å². The summed E-state index contributed by atoms with van der Waals surface area (Å²) >= 11 is 0. The highest BCUT2D eigenvalue weighted by atomic mass is 19.4. The van der Waals surface area contributed by atoms with E-state index in [4.69, 9.17) is 9.47 Å². The number of benzene rings is 2. The molecule has 5 rings (SSSR count). The van der Waals surface area contributed by atoms with Gasteiger partial charge in [0.1, 0.15) is 11.6 Å². The minimum Gasteiger partial charge on any atom is -0.494 e. The second-order valence-electron chi connectivity index (χ2n) is 9.44. The molecule has 0 aliphatic carbocycles. The topological polar surface area (TPSA) is 106 Å². The zero-order valence-corrected chi connectivity index (χ0v) is 23.0. The Balaban J connectivity index is 1.45. The zero-order valence-electron chi connectivity index (χ0n) is 23.0. The van der Waals surface area contributed by atoms with Crippen LogP contribution in [0.4, 0.5) is 22.0 Å². The van der Waals surface area contributed by atoms with Crippen molar-refractivity contribution in [3.05, 3.63) is 82.9 Å². The molecule has 0 saturated carbocycles. The van der Waals surface area contributed by atoms with Crippen LogP contribution in [0.1, 0.15) is 48.8 Å². The predicted octanol–water partition coefficient (Wildman–Crippen LogP) is 6.07. The molecule has 1 aliphatic rings. The van der Waals surface area contributed by atoms with Crippen molar-refractivity contribution in [1.29, 1.82) is 0 Å². The predicted molar refractivity (Wildman–Crippen MR) is 145 cm³/mol. The molecule has 0 spiro atoms. The minimum atomic E-state index is -4.70. The van der Waals surface area contributed by atoms with Crippen LogP contribution in [0.15, 0.2) is 53.9 Å². The molecule has 14 heteroatoms. The van der Waals surface area contributed by atoms with Gasteiger partial charge in [0.15, 0.2) is 23.5 Å². The Morgan fingerprint density at radius 1 is 1.09 bits per heavy atom. The molecule has 1 N–H and O–H groups in total. The molecule has 224 valence electrons. The van der Waals surface area contributed by atoms with Gasteiger partial charge >= 0.3 is 12.1 Å². The summed E-state index contributed by atoms with van der Waals surface area (Å²) in [5, 5.41) is 5.65. The normalized spacial score (nSPS) is 13.5. The number of rotatable bonds is 9. The molecule has 1 aliphatic heterocycles. The number of nitrogens with one attached hydrogen (secondary N) is 1. The molecule has 0 fully saturated rings. The Morgan fingerprint density at radius 2 is 1.86 bits per heavy atom. The van der Waals surface area contributed by atoms with E-state index in [-0.39, 0.29) is 53.8 Å². The smallest absolute Gasteiger partial charge is 0.417 e. The quantitative estimate of drug-likeness (QED) is 0.184. The van der Waals surface area contributed by atoms with Gasteiger partial charge in [-0.2, -0.15) is 18.3 Å². The maximum absolute atomic E-state index is 14.4. The van der Waals surface area contributed by atoms with Gasteiger partial charge in [-0.25, -0.2) is 28.5 Å². The Hall–Kier alpha value is -4.88. The van der Waals surface area contributed by atoms with Crippen LogP contribution in [-0.2, 0) is 22.3 Å². The summed E-state index contributed by atoms with van der Waals surface area (Å²) in [4.78, 5) is 28.6. The van der Waals surface area contributed by atoms with Gasteiger partial charge in [0, 0.05) is 23.5 Å². The number of alkyl halides is 3. The molecule has 9 nitrogen and oxygen atoms in total. The minimum absolute atomic E-state index is 0.0397. The molecular weight excluding hydrogens is 575 g/mol. The first kappa shape index (κ1) is 29.6. The van der Waals surface area contributed by atoms with Gasteiger partial charge < -0.3 is 14.5 Å². The highest BCUT2D eigenvalue weighted by Gasteiger charge is 2.36. The summed E-state index contributed by atoms with van der Waals surface area (Å²) in [6.07, 6.45) is -0.243. The van der Waals surface area contributed by atoms with Crippen molar-refractivity contribution in [3.8, 4) is 28.5 Å². The fourth-order valence-electron chi connectivity index (χ4n) is 4.48. The lowest BCUT2D eigenvalue weighted by atomic mass is 10.0. The number of H-pyrrole nitrogens is 1. The molecule has 1 atom stereocenters. The molecule has 2 aromatic carbocycles. The highest BCUT2D eigenvalue weighted by molar-refractivity contribution is 5.82. The summed E-state index contributed by atoms with van der Waals surface area (Å²) in [6.45, 7) is 3.73. The van der Waals surface area contributed by atoms with Crippen LogP contribution < -0.4 is 4.74 Å². The first-order valence-electron chi connectivity index (χ1n) is 13.3. The number of fused-ring (bicyclic) bond motifs is 1. The van der Waals surface area contributed by atoms with Gasteiger partial charge in [0.2, 0.25) is 0 Å². The van der Waals surface area contributed by atoms with Crippen molar-refractivity contribution in [3.63, 3.8) is 0 Å². The van der Waals surface area contributed by atoms with E-state index in [2.05, 4.69) is 25.0 Å². The number of esters is 1. The maximum atomic E-state index is 14.4. The van der Waals surface area contributed by atoms with Crippen LogP contribution in [0, 0.1) is 11.6 Å². The Morgan fingerprint density at radius 3 is 2.56 bits per heavy atom. The standard InChI is InChI=1S/C29H25F5N6O3/c1-3-10-43-17-8-9-18(20(11-17)29(32,33)34)26-35-12-16(13-36-26)25(28(41)42-4-2)40-15-23-22(14-37-40)38-27(39-23)19-6-5-7-21(30)24(19)31/h5-9,11-14,25H,3-4,10,15H2,1-2H3,(H,38,39). The fraction of sp³-hybridized carbons (Fsp3) is 0.276. The van der Waals surface area contributed by atoms with Gasteiger partial charge in [-0.3, -0.25) is 5.01 Å². The number of hydrazone groups is 1. The summed E-state index contributed by atoms with van der Waals surface area (Å²) in [6, 6.07) is 6.07. The van der Waals surface area contributed by atoms with Crippen LogP contribution in [0.2, 0.25) is 0 Å². The fourth-order valence-corrected chi connectivity index (χ4v) is 4.48. The number of aromatic amines is 1. The van der Waals surface area contributed by atoms with Crippen molar-refractivity contribution in [1.82, 2.24) is 24.9 Å². The lowest BCUT2D eigenvalue weighted by Crippen LogP contribution is -2.33. The summed E-state index contributed by atoms with van der Waals surface area (Å²) in [7, 11) is 0. The monoisotopic (exact) mass is 600 g/mol. The van der Waals surface area contributed by atoms with Crippen molar-refractivity contribution in [2.24, 2.45) is 5.10 Å². The van der Waals surface area contributed by atoms with Crippen LogP contribution in [-0.4, -0.2) is 50.3 Å². The first-order valence-corrected chi connectivity index (χ1v) is 13.3. The van der Waals surface area contributed by atoms with E-state index in [0.29, 0.717) is 17.8 Å². The Labute approximate surface area is 242 Å². The van der Waals surface area contributed by atoms with Crippen molar-refractivity contribution in [2.45, 2.75) is 39.0 Å². The molecule has 1 unspecified atom stereocenters. The second-order valence-corrected chi connectivity index (χ2v) is 9.44. The van der Waals surface area contributed by atoms with Crippen molar-refractivity contribution in [2.75, 3.05) is 13.2 Å². The molecule has 0 amide bonds. The third-order valence-corrected chi connectivity index (χ3v) is 6.47. The number of carbonyl (C=O) groups is 1. The van der Waals surface area contributed by atoms with Gasteiger partial charge in [-0.1, -0.05) is 13.0 Å². The SMILES string of the molecule is CCCOc1ccc(-c2ncc(C(C(=O)OCC)N3Cc4nc(-c5cccc(F)c5F)[nH]c4C=N3)cn2)c(C(F)(F)F)c1. The molecule has 0 radical (unpaired) electrons. The molecular formula is C29H25F5N6O3. The van der Waals surface area contributed by atoms with Crippen molar-refractivity contribution >= 4 is 12.2 Å². The van der Waals surface area contributed by atoms with E-state index in [0.717, 1.165) is 12.1 Å².